The van der Waals surface area contributed by atoms with E-state index in [1.807, 2.05) is 49.7 Å². The van der Waals surface area contributed by atoms with Gasteiger partial charge in [0.1, 0.15) is 0 Å². The summed E-state index contributed by atoms with van der Waals surface area (Å²) in [5.74, 6) is -0.226. The smallest absolute Gasteiger partial charge is 0.247 e. The third kappa shape index (κ3) is 2.42. The van der Waals surface area contributed by atoms with Crippen molar-refractivity contribution in [1.82, 2.24) is 9.78 Å². The molecule has 0 atom stereocenters. The highest BCUT2D eigenvalue weighted by Gasteiger charge is 2.14. The maximum atomic E-state index is 11.4. The molecule has 1 amide bonds. The molecule has 0 unspecified atom stereocenters. The summed E-state index contributed by atoms with van der Waals surface area (Å²) < 4.78 is 1.85. The van der Waals surface area contributed by atoms with Gasteiger partial charge in [-0.3, -0.25) is 4.79 Å². The fraction of sp³-hybridized carbons (Fsp3) is 0.200. The van der Waals surface area contributed by atoms with Gasteiger partial charge < -0.3 is 5.32 Å². The molecule has 0 bridgehead atoms. The van der Waals surface area contributed by atoms with Crippen molar-refractivity contribution in [2.45, 2.75) is 20.8 Å². The van der Waals surface area contributed by atoms with E-state index < -0.39 is 0 Å². The van der Waals surface area contributed by atoms with Crippen molar-refractivity contribution in [3.8, 4) is 5.69 Å². The van der Waals surface area contributed by atoms with Gasteiger partial charge in [-0.1, -0.05) is 24.8 Å². The molecule has 0 saturated carbocycles. The van der Waals surface area contributed by atoms with Crippen LogP contribution in [-0.2, 0) is 4.79 Å². The van der Waals surface area contributed by atoms with E-state index in [0.717, 1.165) is 28.3 Å². The lowest BCUT2D eigenvalue weighted by Gasteiger charge is -2.08. The van der Waals surface area contributed by atoms with Gasteiger partial charge in [-0.2, -0.15) is 5.10 Å². The number of aromatic nitrogens is 2. The molecule has 0 fully saturated rings. The van der Waals surface area contributed by atoms with Crippen molar-refractivity contribution in [3.05, 3.63) is 53.9 Å². The Bertz CT molecular complexity index is 641. The van der Waals surface area contributed by atoms with Crippen LogP contribution >= 0.6 is 0 Å². The van der Waals surface area contributed by atoms with Crippen LogP contribution in [0, 0.1) is 20.8 Å². The first-order valence-corrected chi connectivity index (χ1v) is 6.10. The molecule has 0 aliphatic rings. The minimum atomic E-state index is -0.226. The number of carbonyl (C=O) groups excluding carboxylic acids is 1. The number of hydrogen-bond donors (Lipinski definition) is 1. The molecule has 4 heteroatoms. The molecule has 0 aliphatic heterocycles. The Morgan fingerprint density at radius 3 is 2.63 bits per heavy atom. The van der Waals surface area contributed by atoms with Gasteiger partial charge >= 0.3 is 0 Å². The summed E-state index contributed by atoms with van der Waals surface area (Å²) in [4.78, 5) is 11.4. The van der Waals surface area contributed by atoms with Crippen molar-refractivity contribution in [1.29, 1.82) is 0 Å². The Kier molecular flexibility index (Phi) is 3.51. The molecule has 1 aromatic carbocycles. The first kappa shape index (κ1) is 13.1. The lowest BCUT2D eigenvalue weighted by molar-refractivity contribution is -0.111. The maximum Gasteiger partial charge on any atom is 0.247 e. The standard InChI is InChI=1S/C15H17N3O/c1-5-14(19)16-15-11(3)17-18(12(15)4)13-9-7-6-8-10(13)2/h5-9H,1H2,2-4H3,(H,16,19). The summed E-state index contributed by atoms with van der Waals surface area (Å²) in [5, 5.41) is 7.29. The Balaban J connectivity index is 2.50. The summed E-state index contributed by atoms with van der Waals surface area (Å²) in [6, 6.07) is 8.01. The minimum absolute atomic E-state index is 0.226. The van der Waals surface area contributed by atoms with Crippen LogP contribution in [0.4, 0.5) is 5.69 Å². The second-order valence-corrected chi connectivity index (χ2v) is 4.44. The summed E-state index contributed by atoms with van der Waals surface area (Å²) in [6.07, 6.45) is 1.25. The van der Waals surface area contributed by atoms with Crippen molar-refractivity contribution in [2.24, 2.45) is 0 Å². The van der Waals surface area contributed by atoms with Crippen LogP contribution in [0.15, 0.2) is 36.9 Å². The molecule has 4 nitrogen and oxygen atoms in total. The molecule has 1 heterocycles. The van der Waals surface area contributed by atoms with Gasteiger partial charge in [0.25, 0.3) is 0 Å². The second-order valence-electron chi connectivity index (χ2n) is 4.44. The fourth-order valence-electron chi connectivity index (χ4n) is 2.03. The van der Waals surface area contributed by atoms with Crippen LogP contribution < -0.4 is 5.32 Å². The molecule has 0 radical (unpaired) electrons. The van der Waals surface area contributed by atoms with Crippen molar-refractivity contribution < 1.29 is 4.79 Å². The van der Waals surface area contributed by atoms with Gasteiger partial charge in [-0.05, 0) is 38.5 Å². The van der Waals surface area contributed by atoms with E-state index >= 15 is 0 Å². The minimum Gasteiger partial charge on any atom is -0.319 e. The van der Waals surface area contributed by atoms with Crippen molar-refractivity contribution >= 4 is 11.6 Å². The average Bonchev–Trinajstić information content (AvgIpc) is 2.67. The number of hydrogen-bond acceptors (Lipinski definition) is 2. The number of aryl methyl sites for hydroxylation is 2. The van der Waals surface area contributed by atoms with Crippen molar-refractivity contribution in [2.75, 3.05) is 5.32 Å². The van der Waals surface area contributed by atoms with Gasteiger partial charge in [-0.15, -0.1) is 0 Å². The first-order chi connectivity index (χ1) is 9.04. The predicted molar refractivity (Wildman–Crippen MR) is 76.6 cm³/mol. The van der Waals surface area contributed by atoms with E-state index in [1.54, 1.807) is 0 Å². The summed E-state index contributed by atoms with van der Waals surface area (Å²) in [6.45, 7) is 9.30. The summed E-state index contributed by atoms with van der Waals surface area (Å²) in [5.41, 5.74) is 4.59. The number of benzene rings is 1. The first-order valence-electron chi connectivity index (χ1n) is 6.10. The van der Waals surface area contributed by atoms with E-state index in [2.05, 4.69) is 17.0 Å². The molecule has 2 rings (SSSR count). The van der Waals surface area contributed by atoms with Crippen LogP contribution in [0.1, 0.15) is 17.0 Å². The zero-order valence-corrected chi connectivity index (χ0v) is 11.4. The fourth-order valence-corrected chi connectivity index (χ4v) is 2.03. The van der Waals surface area contributed by atoms with E-state index in [-0.39, 0.29) is 5.91 Å². The number of para-hydroxylation sites is 1. The van der Waals surface area contributed by atoms with Crippen LogP contribution in [0.2, 0.25) is 0 Å². The van der Waals surface area contributed by atoms with Crippen LogP contribution in [0.25, 0.3) is 5.69 Å². The molecule has 0 aliphatic carbocycles. The third-order valence-corrected chi connectivity index (χ3v) is 3.07. The maximum absolute atomic E-state index is 11.4. The Morgan fingerprint density at radius 1 is 1.32 bits per heavy atom. The molecule has 0 saturated heterocycles. The largest absolute Gasteiger partial charge is 0.319 e. The Morgan fingerprint density at radius 2 is 2.00 bits per heavy atom. The number of carbonyl (C=O) groups is 1. The molecule has 1 N–H and O–H groups in total. The quantitative estimate of drug-likeness (QED) is 0.857. The lowest BCUT2D eigenvalue weighted by atomic mass is 10.2. The zero-order chi connectivity index (χ0) is 14.0. The highest BCUT2D eigenvalue weighted by molar-refractivity contribution is 5.99. The lowest BCUT2D eigenvalue weighted by Crippen LogP contribution is -2.09. The number of nitrogens with one attached hydrogen (secondary N) is 1. The Hall–Kier alpha value is -2.36. The molecule has 2 aromatic rings. The van der Waals surface area contributed by atoms with Gasteiger partial charge in [0.2, 0.25) is 5.91 Å². The third-order valence-electron chi connectivity index (χ3n) is 3.07. The van der Waals surface area contributed by atoms with E-state index in [9.17, 15) is 4.79 Å². The normalized spacial score (nSPS) is 10.3. The SMILES string of the molecule is C=CC(=O)Nc1c(C)nn(-c2ccccc2C)c1C. The van der Waals surface area contributed by atoms with Gasteiger partial charge in [-0.25, -0.2) is 4.68 Å². The number of anilines is 1. The van der Waals surface area contributed by atoms with Crippen LogP contribution in [-0.4, -0.2) is 15.7 Å². The molecule has 1 aromatic heterocycles. The number of nitrogens with zero attached hydrogens (tertiary/aromatic N) is 2. The van der Waals surface area contributed by atoms with Crippen LogP contribution in [0.5, 0.6) is 0 Å². The average molecular weight is 255 g/mol. The number of amides is 1. The van der Waals surface area contributed by atoms with Gasteiger partial charge in [0, 0.05) is 0 Å². The van der Waals surface area contributed by atoms with E-state index in [0.29, 0.717) is 0 Å². The highest BCUT2D eigenvalue weighted by Crippen LogP contribution is 2.24. The molecular formula is C15H17N3O. The van der Waals surface area contributed by atoms with Crippen LogP contribution in [0.3, 0.4) is 0 Å². The van der Waals surface area contributed by atoms with E-state index in [1.165, 1.54) is 6.08 Å². The predicted octanol–water partition coefficient (Wildman–Crippen LogP) is 2.92. The van der Waals surface area contributed by atoms with Crippen molar-refractivity contribution in [3.63, 3.8) is 0 Å². The molecular weight excluding hydrogens is 238 g/mol. The number of rotatable bonds is 3. The zero-order valence-electron chi connectivity index (χ0n) is 11.4. The monoisotopic (exact) mass is 255 g/mol. The summed E-state index contributed by atoms with van der Waals surface area (Å²) in [7, 11) is 0. The summed E-state index contributed by atoms with van der Waals surface area (Å²) >= 11 is 0. The highest BCUT2D eigenvalue weighted by atomic mass is 16.1. The molecule has 0 spiro atoms. The molecule has 98 valence electrons. The second kappa shape index (κ2) is 5.10. The molecule has 19 heavy (non-hydrogen) atoms. The van der Waals surface area contributed by atoms with E-state index in [4.69, 9.17) is 0 Å². The van der Waals surface area contributed by atoms with Gasteiger partial charge in [0.05, 0.1) is 22.8 Å². The topological polar surface area (TPSA) is 46.9 Å². The van der Waals surface area contributed by atoms with Gasteiger partial charge in [0.15, 0.2) is 0 Å². The Labute approximate surface area is 112 Å².